The molecule has 0 fully saturated rings. The van der Waals surface area contributed by atoms with Crippen LogP contribution in [0.15, 0.2) is 18.2 Å². The Hall–Kier alpha value is -1.59. The molecule has 0 aliphatic rings. The summed E-state index contributed by atoms with van der Waals surface area (Å²) in [7, 11) is 1.45. The number of nitrogens with zero attached hydrogens (tertiary/aromatic N) is 1. The van der Waals surface area contributed by atoms with Crippen molar-refractivity contribution in [2.24, 2.45) is 0 Å². The average molecular weight is 248 g/mol. The molecule has 3 nitrogen and oxygen atoms in total. The molecule has 0 radical (unpaired) electrons. The Morgan fingerprint density at radius 3 is 2.47 bits per heavy atom. The second-order valence-electron chi connectivity index (χ2n) is 3.55. The Labute approximate surface area is 98.0 Å². The van der Waals surface area contributed by atoms with Gasteiger partial charge in [0.1, 0.15) is 12.3 Å². The highest BCUT2D eigenvalue weighted by Gasteiger charge is 2.31. The molecule has 0 amide bonds. The van der Waals surface area contributed by atoms with Crippen LogP contribution in [0, 0.1) is 0 Å². The molecule has 0 aliphatic heterocycles. The van der Waals surface area contributed by atoms with Gasteiger partial charge in [0, 0.05) is 12.6 Å². The number of hydrogen-bond donors (Lipinski definition) is 1. The van der Waals surface area contributed by atoms with Gasteiger partial charge in [0.15, 0.2) is 0 Å². The average Bonchev–Trinajstić information content (AvgIpc) is 2.25. The van der Waals surface area contributed by atoms with E-state index in [1.807, 2.05) is 0 Å². The van der Waals surface area contributed by atoms with Crippen molar-refractivity contribution in [3.05, 3.63) is 18.2 Å². The number of methoxy groups -OCH3 is 1. The normalized spacial score (nSPS) is 11.4. The van der Waals surface area contributed by atoms with E-state index in [9.17, 15) is 13.2 Å². The minimum absolute atomic E-state index is 0.219. The van der Waals surface area contributed by atoms with Gasteiger partial charge in [-0.2, -0.15) is 13.2 Å². The van der Waals surface area contributed by atoms with E-state index in [-0.39, 0.29) is 6.54 Å². The molecule has 0 aliphatic carbocycles. The van der Waals surface area contributed by atoms with E-state index in [4.69, 9.17) is 10.5 Å². The smallest absolute Gasteiger partial charge is 0.405 e. The zero-order chi connectivity index (χ0) is 13.1. The summed E-state index contributed by atoms with van der Waals surface area (Å²) in [5, 5.41) is 0. The van der Waals surface area contributed by atoms with Crippen LogP contribution in [0.4, 0.5) is 24.5 Å². The van der Waals surface area contributed by atoms with Gasteiger partial charge in [-0.15, -0.1) is 0 Å². The van der Waals surface area contributed by atoms with Crippen molar-refractivity contribution >= 4 is 11.4 Å². The molecule has 0 heterocycles. The van der Waals surface area contributed by atoms with Crippen LogP contribution in [0.5, 0.6) is 5.75 Å². The van der Waals surface area contributed by atoms with Crippen molar-refractivity contribution in [1.29, 1.82) is 0 Å². The summed E-state index contributed by atoms with van der Waals surface area (Å²) in [4.78, 5) is 1.16. The maximum Gasteiger partial charge on any atom is 0.405 e. The van der Waals surface area contributed by atoms with Gasteiger partial charge in [-0.05, 0) is 19.1 Å². The molecule has 0 unspecified atom stereocenters. The Morgan fingerprint density at radius 2 is 2.00 bits per heavy atom. The van der Waals surface area contributed by atoms with Crippen molar-refractivity contribution in [2.45, 2.75) is 13.1 Å². The third kappa shape index (κ3) is 3.72. The summed E-state index contributed by atoms with van der Waals surface area (Å²) in [5.74, 6) is 0.481. The first-order chi connectivity index (χ1) is 7.87. The van der Waals surface area contributed by atoms with Crippen molar-refractivity contribution in [3.8, 4) is 5.75 Å². The lowest BCUT2D eigenvalue weighted by Crippen LogP contribution is -2.34. The van der Waals surface area contributed by atoms with Gasteiger partial charge in [-0.1, -0.05) is 0 Å². The van der Waals surface area contributed by atoms with Crippen molar-refractivity contribution in [2.75, 3.05) is 30.8 Å². The van der Waals surface area contributed by atoms with Gasteiger partial charge in [-0.3, -0.25) is 0 Å². The second kappa shape index (κ2) is 5.16. The molecular formula is C11H15F3N2O. The minimum atomic E-state index is -4.26. The molecule has 1 aromatic rings. The van der Waals surface area contributed by atoms with Crippen LogP contribution < -0.4 is 15.4 Å². The Bertz CT molecular complexity index is 379. The predicted molar refractivity (Wildman–Crippen MR) is 61.3 cm³/mol. The van der Waals surface area contributed by atoms with Crippen LogP contribution >= 0.6 is 0 Å². The third-order valence-electron chi connectivity index (χ3n) is 2.33. The first-order valence-corrected chi connectivity index (χ1v) is 5.12. The topological polar surface area (TPSA) is 38.5 Å². The second-order valence-corrected chi connectivity index (χ2v) is 3.55. The zero-order valence-electron chi connectivity index (χ0n) is 9.71. The number of rotatable bonds is 4. The van der Waals surface area contributed by atoms with Gasteiger partial charge in [0.2, 0.25) is 0 Å². The fourth-order valence-electron chi connectivity index (χ4n) is 1.51. The molecule has 0 bridgehead atoms. The largest absolute Gasteiger partial charge is 0.497 e. The summed E-state index contributed by atoms with van der Waals surface area (Å²) in [6.45, 7) is 0.836. The van der Waals surface area contributed by atoms with E-state index >= 15 is 0 Å². The highest BCUT2D eigenvalue weighted by Crippen LogP contribution is 2.30. The molecule has 0 saturated carbocycles. The number of hydrogen-bond acceptors (Lipinski definition) is 3. The number of alkyl halides is 3. The molecule has 6 heteroatoms. The fourth-order valence-corrected chi connectivity index (χ4v) is 1.51. The van der Waals surface area contributed by atoms with Crippen molar-refractivity contribution in [1.82, 2.24) is 0 Å². The molecule has 0 spiro atoms. The molecule has 2 N–H and O–H groups in total. The summed E-state index contributed by atoms with van der Waals surface area (Å²) in [6, 6.07) is 4.65. The Balaban J connectivity index is 3.02. The molecule has 17 heavy (non-hydrogen) atoms. The Morgan fingerprint density at radius 1 is 1.35 bits per heavy atom. The lowest BCUT2D eigenvalue weighted by atomic mass is 10.2. The van der Waals surface area contributed by atoms with Crippen molar-refractivity contribution < 1.29 is 17.9 Å². The lowest BCUT2D eigenvalue weighted by Gasteiger charge is -2.26. The standard InChI is InChI=1S/C11H15F3N2O/c1-3-16(7-11(12,13)14)10-6-8(17-2)4-5-9(10)15/h4-6H,3,7,15H2,1-2H3. The van der Waals surface area contributed by atoms with E-state index < -0.39 is 12.7 Å². The predicted octanol–water partition coefficient (Wildman–Crippen LogP) is 2.67. The highest BCUT2D eigenvalue weighted by atomic mass is 19.4. The van der Waals surface area contributed by atoms with Crippen molar-refractivity contribution in [3.63, 3.8) is 0 Å². The van der Waals surface area contributed by atoms with Crippen LogP contribution in [0.1, 0.15) is 6.92 Å². The first-order valence-electron chi connectivity index (χ1n) is 5.12. The molecule has 1 aromatic carbocycles. The van der Waals surface area contributed by atoms with E-state index in [1.54, 1.807) is 13.0 Å². The number of nitrogens with two attached hydrogens (primary N) is 1. The highest BCUT2D eigenvalue weighted by molar-refractivity contribution is 5.69. The van der Waals surface area contributed by atoms with E-state index in [0.29, 0.717) is 17.1 Å². The quantitative estimate of drug-likeness (QED) is 0.832. The number of anilines is 2. The third-order valence-corrected chi connectivity index (χ3v) is 2.33. The monoisotopic (exact) mass is 248 g/mol. The summed E-state index contributed by atoms with van der Waals surface area (Å²) in [5.41, 5.74) is 6.31. The van der Waals surface area contributed by atoms with Crippen LogP contribution in [-0.2, 0) is 0 Å². The van der Waals surface area contributed by atoms with Gasteiger partial charge in [-0.25, -0.2) is 0 Å². The van der Waals surface area contributed by atoms with E-state index in [1.165, 1.54) is 19.2 Å². The number of benzene rings is 1. The summed E-state index contributed by atoms with van der Waals surface area (Å²) < 4.78 is 42.1. The summed E-state index contributed by atoms with van der Waals surface area (Å²) in [6.07, 6.45) is -4.26. The lowest BCUT2D eigenvalue weighted by molar-refractivity contribution is -0.119. The number of ether oxygens (including phenoxy) is 1. The van der Waals surface area contributed by atoms with Gasteiger partial charge in [0.05, 0.1) is 18.5 Å². The molecule has 1 rings (SSSR count). The van der Waals surface area contributed by atoms with Gasteiger partial charge < -0.3 is 15.4 Å². The molecular weight excluding hydrogens is 233 g/mol. The molecule has 0 saturated heterocycles. The maximum atomic E-state index is 12.4. The molecule has 96 valence electrons. The first kappa shape index (κ1) is 13.5. The molecule has 0 aromatic heterocycles. The van der Waals surface area contributed by atoms with Crippen LogP contribution in [0.2, 0.25) is 0 Å². The minimum Gasteiger partial charge on any atom is -0.497 e. The van der Waals surface area contributed by atoms with Gasteiger partial charge >= 0.3 is 6.18 Å². The number of nitrogen functional groups attached to an aromatic ring is 1. The SMILES string of the molecule is CCN(CC(F)(F)F)c1cc(OC)ccc1N. The van der Waals surface area contributed by atoms with Crippen LogP contribution in [0.3, 0.4) is 0 Å². The van der Waals surface area contributed by atoms with Crippen LogP contribution in [-0.4, -0.2) is 26.4 Å². The fraction of sp³-hybridized carbons (Fsp3) is 0.455. The Kier molecular flexibility index (Phi) is 4.09. The van der Waals surface area contributed by atoms with E-state index in [2.05, 4.69) is 0 Å². The zero-order valence-corrected chi connectivity index (χ0v) is 9.71. The van der Waals surface area contributed by atoms with E-state index in [0.717, 1.165) is 4.90 Å². The number of halogens is 3. The molecule has 0 atom stereocenters. The summed E-state index contributed by atoms with van der Waals surface area (Å²) >= 11 is 0. The maximum absolute atomic E-state index is 12.4. The van der Waals surface area contributed by atoms with Gasteiger partial charge in [0.25, 0.3) is 0 Å². The van der Waals surface area contributed by atoms with Crippen LogP contribution in [0.25, 0.3) is 0 Å².